The van der Waals surface area contributed by atoms with Crippen molar-refractivity contribution < 1.29 is 9.53 Å². The Morgan fingerprint density at radius 3 is 2.80 bits per heavy atom. The van der Waals surface area contributed by atoms with Crippen LogP contribution in [0.3, 0.4) is 0 Å². The zero-order valence-corrected chi connectivity index (χ0v) is 7.16. The van der Waals surface area contributed by atoms with Gasteiger partial charge in [0.05, 0.1) is 12.5 Å². The minimum absolute atomic E-state index is 0.0579. The van der Waals surface area contributed by atoms with E-state index in [2.05, 4.69) is 4.74 Å². The van der Waals surface area contributed by atoms with E-state index in [1.807, 2.05) is 18.7 Å². The maximum atomic E-state index is 11.1. The summed E-state index contributed by atoms with van der Waals surface area (Å²) in [6.07, 6.45) is 0.963. The molecule has 1 unspecified atom stereocenters. The van der Waals surface area contributed by atoms with Crippen LogP contribution in [0, 0.1) is 5.41 Å². The van der Waals surface area contributed by atoms with Crippen molar-refractivity contribution in [2.75, 3.05) is 18.6 Å². The number of hydrogen-bond donors (Lipinski definition) is 0. The van der Waals surface area contributed by atoms with E-state index in [4.69, 9.17) is 0 Å². The third-order valence-corrected chi connectivity index (χ3v) is 3.23. The Labute approximate surface area is 65.3 Å². The molecular weight excluding hydrogens is 148 g/mol. The van der Waals surface area contributed by atoms with Gasteiger partial charge in [0.15, 0.2) is 0 Å². The second kappa shape index (κ2) is 2.82. The Hall–Kier alpha value is -0.180. The molecule has 58 valence electrons. The molecule has 0 aromatic carbocycles. The smallest absolute Gasteiger partial charge is 0.312 e. The van der Waals surface area contributed by atoms with E-state index < -0.39 is 0 Å². The lowest BCUT2D eigenvalue weighted by Crippen LogP contribution is -2.28. The molecule has 0 radical (unpaired) electrons. The van der Waals surface area contributed by atoms with Crippen LogP contribution in [0.4, 0.5) is 0 Å². The van der Waals surface area contributed by atoms with Gasteiger partial charge in [-0.3, -0.25) is 4.79 Å². The number of hydrogen-bond acceptors (Lipinski definition) is 3. The minimum atomic E-state index is -0.195. The second-order valence-corrected chi connectivity index (χ2v) is 3.96. The zero-order valence-electron chi connectivity index (χ0n) is 6.35. The van der Waals surface area contributed by atoms with Crippen molar-refractivity contribution >= 4 is 17.7 Å². The Kier molecular flexibility index (Phi) is 2.24. The second-order valence-electron chi connectivity index (χ2n) is 2.85. The van der Waals surface area contributed by atoms with Crippen LogP contribution in [-0.4, -0.2) is 24.6 Å². The lowest BCUT2D eigenvalue weighted by atomic mass is 9.91. The summed E-state index contributed by atoms with van der Waals surface area (Å²) < 4.78 is 4.68. The predicted octanol–water partition coefficient (Wildman–Crippen LogP) is 1.30. The molecule has 1 atom stereocenters. The van der Waals surface area contributed by atoms with Crippen LogP contribution in [0.2, 0.25) is 0 Å². The molecule has 1 aliphatic rings. The van der Waals surface area contributed by atoms with E-state index in [1.54, 1.807) is 0 Å². The van der Waals surface area contributed by atoms with Crippen LogP contribution in [0.25, 0.3) is 0 Å². The molecule has 0 bridgehead atoms. The molecule has 0 amide bonds. The van der Waals surface area contributed by atoms with Crippen LogP contribution in [-0.2, 0) is 9.53 Å². The normalized spacial score (nSPS) is 32.2. The quantitative estimate of drug-likeness (QED) is 0.541. The number of ether oxygens (including phenoxy) is 1. The molecule has 0 N–H and O–H groups in total. The Balaban J connectivity index is 2.58. The fourth-order valence-electron chi connectivity index (χ4n) is 1.07. The van der Waals surface area contributed by atoms with E-state index >= 15 is 0 Å². The topological polar surface area (TPSA) is 26.3 Å². The molecule has 1 saturated heterocycles. The number of thioether (sulfide) groups is 1. The largest absolute Gasteiger partial charge is 0.469 e. The van der Waals surface area contributed by atoms with Crippen LogP contribution in [0.5, 0.6) is 0 Å². The molecule has 0 aromatic heterocycles. The highest BCUT2D eigenvalue weighted by atomic mass is 32.2. The van der Waals surface area contributed by atoms with Crippen molar-refractivity contribution in [3.05, 3.63) is 0 Å². The highest BCUT2D eigenvalue weighted by Crippen LogP contribution is 2.36. The molecule has 10 heavy (non-hydrogen) atoms. The van der Waals surface area contributed by atoms with Gasteiger partial charge in [-0.05, 0) is 19.1 Å². The van der Waals surface area contributed by atoms with Gasteiger partial charge in [0, 0.05) is 5.75 Å². The van der Waals surface area contributed by atoms with Crippen molar-refractivity contribution in [2.45, 2.75) is 13.3 Å². The van der Waals surface area contributed by atoms with Crippen LogP contribution in [0.1, 0.15) is 13.3 Å². The highest BCUT2D eigenvalue weighted by Gasteiger charge is 2.37. The van der Waals surface area contributed by atoms with Gasteiger partial charge in [0.1, 0.15) is 0 Å². The Bertz CT molecular complexity index is 139. The van der Waals surface area contributed by atoms with Crippen molar-refractivity contribution in [1.82, 2.24) is 0 Å². The maximum Gasteiger partial charge on any atom is 0.312 e. The Morgan fingerprint density at radius 1 is 1.70 bits per heavy atom. The molecule has 0 aromatic rings. The number of rotatable bonds is 1. The third kappa shape index (κ3) is 1.29. The minimum Gasteiger partial charge on any atom is -0.469 e. The molecule has 3 heteroatoms. The standard InChI is InChI=1S/C7H12O2S/c1-7(6(8)9-2)3-4-10-5-7/h3-5H2,1-2H3. The van der Waals surface area contributed by atoms with E-state index in [0.29, 0.717) is 0 Å². The number of carbonyl (C=O) groups excluding carboxylic acids is 1. The first-order chi connectivity index (χ1) is 4.69. The fourth-order valence-corrected chi connectivity index (χ4v) is 2.53. The van der Waals surface area contributed by atoms with Crippen molar-refractivity contribution in [3.8, 4) is 0 Å². The summed E-state index contributed by atoms with van der Waals surface area (Å²) in [5.74, 6) is 1.95. The highest BCUT2D eigenvalue weighted by molar-refractivity contribution is 7.99. The number of methoxy groups -OCH3 is 1. The molecule has 0 aliphatic carbocycles. The van der Waals surface area contributed by atoms with Gasteiger partial charge in [-0.25, -0.2) is 0 Å². The monoisotopic (exact) mass is 160 g/mol. The van der Waals surface area contributed by atoms with Gasteiger partial charge < -0.3 is 4.74 Å². The summed E-state index contributed by atoms with van der Waals surface area (Å²) in [7, 11) is 1.45. The lowest BCUT2D eigenvalue weighted by Gasteiger charge is -2.17. The van der Waals surface area contributed by atoms with E-state index in [1.165, 1.54) is 7.11 Å². The number of esters is 1. The molecular formula is C7H12O2S. The molecule has 0 spiro atoms. The summed E-state index contributed by atoms with van der Waals surface area (Å²) >= 11 is 1.82. The zero-order chi connectivity index (χ0) is 7.61. The van der Waals surface area contributed by atoms with E-state index in [9.17, 15) is 4.79 Å². The first-order valence-corrected chi connectivity index (χ1v) is 4.51. The average molecular weight is 160 g/mol. The SMILES string of the molecule is COC(=O)C1(C)CCSC1. The third-order valence-electron chi connectivity index (χ3n) is 1.90. The van der Waals surface area contributed by atoms with Gasteiger partial charge in [0.2, 0.25) is 0 Å². The van der Waals surface area contributed by atoms with Gasteiger partial charge in [-0.15, -0.1) is 0 Å². The van der Waals surface area contributed by atoms with Gasteiger partial charge in [-0.2, -0.15) is 11.8 Å². The molecule has 1 rings (SSSR count). The van der Waals surface area contributed by atoms with Crippen molar-refractivity contribution in [3.63, 3.8) is 0 Å². The summed E-state index contributed by atoms with van der Waals surface area (Å²) in [6.45, 7) is 1.97. The number of carbonyl (C=O) groups is 1. The molecule has 1 aliphatic heterocycles. The van der Waals surface area contributed by atoms with Crippen LogP contribution >= 0.6 is 11.8 Å². The Morgan fingerprint density at radius 2 is 2.40 bits per heavy atom. The van der Waals surface area contributed by atoms with Crippen LogP contribution < -0.4 is 0 Å². The first kappa shape index (κ1) is 7.92. The lowest BCUT2D eigenvalue weighted by molar-refractivity contribution is -0.150. The van der Waals surface area contributed by atoms with Crippen LogP contribution in [0.15, 0.2) is 0 Å². The summed E-state index contributed by atoms with van der Waals surface area (Å²) in [4.78, 5) is 11.1. The average Bonchev–Trinajstić information content (AvgIpc) is 2.36. The van der Waals surface area contributed by atoms with E-state index in [0.717, 1.165) is 17.9 Å². The molecule has 2 nitrogen and oxygen atoms in total. The maximum absolute atomic E-state index is 11.1. The van der Waals surface area contributed by atoms with Crippen molar-refractivity contribution in [2.24, 2.45) is 5.41 Å². The summed E-state index contributed by atoms with van der Waals surface area (Å²) in [6, 6.07) is 0. The summed E-state index contributed by atoms with van der Waals surface area (Å²) in [5, 5.41) is 0. The van der Waals surface area contributed by atoms with E-state index in [-0.39, 0.29) is 11.4 Å². The molecule has 0 saturated carbocycles. The van der Waals surface area contributed by atoms with Gasteiger partial charge in [0.25, 0.3) is 0 Å². The van der Waals surface area contributed by atoms with Gasteiger partial charge in [-0.1, -0.05) is 0 Å². The summed E-state index contributed by atoms with van der Waals surface area (Å²) in [5.41, 5.74) is -0.195. The molecule has 1 heterocycles. The van der Waals surface area contributed by atoms with Gasteiger partial charge >= 0.3 is 5.97 Å². The molecule has 1 fully saturated rings. The predicted molar refractivity (Wildman–Crippen MR) is 42.1 cm³/mol. The van der Waals surface area contributed by atoms with Crippen molar-refractivity contribution in [1.29, 1.82) is 0 Å². The fraction of sp³-hybridized carbons (Fsp3) is 0.857. The first-order valence-electron chi connectivity index (χ1n) is 3.35.